The summed E-state index contributed by atoms with van der Waals surface area (Å²) in [6, 6.07) is 9.51. The second kappa shape index (κ2) is 9.67. The summed E-state index contributed by atoms with van der Waals surface area (Å²) in [5.41, 5.74) is 3.80. The lowest BCUT2D eigenvalue weighted by Gasteiger charge is -2.16. The molecule has 0 bridgehead atoms. The van der Waals surface area contributed by atoms with Gasteiger partial charge in [0.25, 0.3) is 0 Å². The molecule has 0 radical (unpaired) electrons. The molecule has 0 fully saturated rings. The lowest BCUT2D eigenvalue weighted by atomic mass is 10.1. The van der Waals surface area contributed by atoms with E-state index in [9.17, 15) is 4.79 Å². The molecule has 30 heavy (non-hydrogen) atoms. The van der Waals surface area contributed by atoms with Gasteiger partial charge in [-0.15, -0.1) is 0 Å². The number of rotatable bonds is 8. The van der Waals surface area contributed by atoms with Crippen molar-refractivity contribution >= 4 is 34.2 Å². The minimum atomic E-state index is -0.409. The summed E-state index contributed by atoms with van der Waals surface area (Å²) < 4.78 is 15.9. The molecule has 3 rings (SSSR count). The summed E-state index contributed by atoms with van der Waals surface area (Å²) >= 11 is 6.26. The molecule has 0 saturated heterocycles. The van der Waals surface area contributed by atoms with Crippen molar-refractivity contribution < 1.29 is 19.0 Å². The smallest absolute Gasteiger partial charge is 0.341 e. The van der Waals surface area contributed by atoms with E-state index in [1.165, 1.54) is 0 Å². The normalized spacial score (nSPS) is 10.7. The number of nitrogens with one attached hydrogen (secondary N) is 1. The van der Waals surface area contributed by atoms with E-state index in [4.69, 9.17) is 25.8 Å². The van der Waals surface area contributed by atoms with Crippen LogP contribution in [0.4, 0.5) is 5.69 Å². The van der Waals surface area contributed by atoms with Gasteiger partial charge in [-0.3, -0.25) is 4.98 Å². The highest BCUT2D eigenvalue weighted by atomic mass is 35.5. The second-order valence-electron chi connectivity index (χ2n) is 6.70. The summed E-state index contributed by atoms with van der Waals surface area (Å²) in [5, 5.41) is 4.86. The first kappa shape index (κ1) is 21.7. The molecule has 7 heteroatoms. The van der Waals surface area contributed by atoms with Crippen molar-refractivity contribution in [2.75, 3.05) is 32.7 Å². The van der Waals surface area contributed by atoms with Gasteiger partial charge in [0, 0.05) is 23.2 Å². The minimum Gasteiger partial charge on any atom is -0.493 e. The third-order valence-electron chi connectivity index (χ3n) is 4.89. The highest BCUT2D eigenvalue weighted by molar-refractivity contribution is 6.32. The van der Waals surface area contributed by atoms with Crippen LogP contribution < -0.4 is 14.8 Å². The van der Waals surface area contributed by atoms with Gasteiger partial charge in [-0.05, 0) is 55.7 Å². The van der Waals surface area contributed by atoms with E-state index in [2.05, 4.69) is 10.3 Å². The van der Waals surface area contributed by atoms with Gasteiger partial charge in [0.05, 0.1) is 32.0 Å². The van der Waals surface area contributed by atoms with Gasteiger partial charge >= 0.3 is 5.97 Å². The van der Waals surface area contributed by atoms with E-state index >= 15 is 0 Å². The quantitative estimate of drug-likeness (QED) is 0.506. The highest BCUT2D eigenvalue weighted by Gasteiger charge is 2.18. The van der Waals surface area contributed by atoms with E-state index < -0.39 is 5.97 Å². The lowest BCUT2D eigenvalue weighted by Crippen LogP contribution is -2.13. The van der Waals surface area contributed by atoms with Crippen LogP contribution in [0.15, 0.2) is 36.5 Å². The van der Waals surface area contributed by atoms with Gasteiger partial charge in [-0.25, -0.2) is 4.79 Å². The molecule has 0 spiro atoms. The molecule has 0 saturated carbocycles. The van der Waals surface area contributed by atoms with Gasteiger partial charge in [0.15, 0.2) is 11.5 Å². The first-order chi connectivity index (χ1) is 14.5. The number of methoxy groups -OCH3 is 2. The number of pyridine rings is 1. The summed E-state index contributed by atoms with van der Waals surface area (Å²) in [5.74, 6) is 0.959. The van der Waals surface area contributed by atoms with Gasteiger partial charge in [-0.2, -0.15) is 0 Å². The fourth-order valence-corrected chi connectivity index (χ4v) is 3.46. The SMILES string of the molecule is CCOC(=O)c1cnc2c(C)c(Cl)ccc2c1NCCc1ccc(OC)c(OC)c1. The van der Waals surface area contributed by atoms with Gasteiger partial charge in [0.1, 0.15) is 5.56 Å². The Morgan fingerprint density at radius 3 is 2.60 bits per heavy atom. The number of aromatic nitrogens is 1. The molecule has 6 nitrogen and oxygen atoms in total. The van der Waals surface area contributed by atoms with Crippen molar-refractivity contribution in [1.82, 2.24) is 4.98 Å². The monoisotopic (exact) mass is 428 g/mol. The van der Waals surface area contributed by atoms with Crippen LogP contribution in [0.2, 0.25) is 5.02 Å². The Labute approximate surface area is 181 Å². The predicted molar refractivity (Wildman–Crippen MR) is 119 cm³/mol. The Morgan fingerprint density at radius 2 is 1.90 bits per heavy atom. The molecule has 0 atom stereocenters. The molecule has 3 aromatic rings. The van der Waals surface area contributed by atoms with Crippen LogP contribution in [0.25, 0.3) is 10.9 Å². The van der Waals surface area contributed by atoms with E-state index in [1.54, 1.807) is 27.3 Å². The number of esters is 1. The fraction of sp³-hybridized carbons (Fsp3) is 0.304. The molecule has 0 unspecified atom stereocenters. The number of hydrogen-bond acceptors (Lipinski definition) is 6. The highest BCUT2D eigenvalue weighted by Crippen LogP contribution is 2.32. The molecule has 1 N–H and O–H groups in total. The van der Waals surface area contributed by atoms with Crippen molar-refractivity contribution in [2.45, 2.75) is 20.3 Å². The summed E-state index contributed by atoms with van der Waals surface area (Å²) in [6.45, 7) is 4.58. The van der Waals surface area contributed by atoms with E-state index in [-0.39, 0.29) is 0 Å². The topological polar surface area (TPSA) is 69.7 Å². The Kier molecular flexibility index (Phi) is 7.00. The number of benzene rings is 2. The molecule has 0 aliphatic rings. The lowest BCUT2D eigenvalue weighted by molar-refractivity contribution is 0.0527. The summed E-state index contributed by atoms with van der Waals surface area (Å²) in [7, 11) is 3.22. The number of fused-ring (bicyclic) bond motifs is 1. The van der Waals surface area contributed by atoms with Crippen LogP contribution in [0.5, 0.6) is 11.5 Å². The standard InChI is InChI=1S/C23H25ClN2O4/c1-5-30-23(27)17-13-26-21-14(2)18(24)8-7-16(21)22(17)25-11-10-15-6-9-19(28-3)20(12-15)29-4/h6-9,12-13H,5,10-11H2,1-4H3,(H,25,26). The van der Waals surface area contributed by atoms with Crippen LogP contribution in [-0.2, 0) is 11.2 Å². The average Bonchev–Trinajstić information content (AvgIpc) is 2.76. The predicted octanol–water partition coefficient (Wildman–Crippen LogP) is 5.05. The van der Waals surface area contributed by atoms with Crippen LogP contribution in [0.1, 0.15) is 28.4 Å². The van der Waals surface area contributed by atoms with Gasteiger partial charge in [0.2, 0.25) is 0 Å². The van der Waals surface area contributed by atoms with E-state index in [0.717, 1.165) is 28.5 Å². The van der Waals surface area contributed by atoms with E-state index in [1.807, 2.05) is 37.3 Å². The number of carbonyl (C=O) groups is 1. The van der Waals surface area contributed by atoms with Crippen LogP contribution in [-0.4, -0.2) is 38.3 Å². The van der Waals surface area contributed by atoms with Crippen LogP contribution in [0.3, 0.4) is 0 Å². The Balaban J connectivity index is 1.91. The van der Waals surface area contributed by atoms with Crippen LogP contribution >= 0.6 is 11.6 Å². The van der Waals surface area contributed by atoms with Gasteiger partial charge in [-0.1, -0.05) is 17.7 Å². The number of nitrogens with zero attached hydrogens (tertiary/aromatic N) is 1. The second-order valence-corrected chi connectivity index (χ2v) is 7.11. The third kappa shape index (κ3) is 4.44. The molecular weight excluding hydrogens is 404 g/mol. The zero-order chi connectivity index (χ0) is 21.7. The molecule has 0 aliphatic heterocycles. The van der Waals surface area contributed by atoms with Gasteiger partial charge < -0.3 is 19.5 Å². The average molecular weight is 429 g/mol. The first-order valence-electron chi connectivity index (χ1n) is 9.69. The van der Waals surface area contributed by atoms with Crippen molar-refractivity contribution in [3.05, 3.63) is 58.2 Å². The summed E-state index contributed by atoms with van der Waals surface area (Å²) in [6.07, 6.45) is 2.27. The molecule has 0 amide bonds. The zero-order valence-electron chi connectivity index (χ0n) is 17.5. The van der Waals surface area contributed by atoms with Crippen molar-refractivity contribution in [2.24, 2.45) is 0 Å². The Morgan fingerprint density at radius 1 is 1.13 bits per heavy atom. The maximum Gasteiger partial charge on any atom is 0.341 e. The number of hydrogen-bond donors (Lipinski definition) is 1. The molecule has 0 aliphatic carbocycles. The number of ether oxygens (including phenoxy) is 3. The third-order valence-corrected chi connectivity index (χ3v) is 5.29. The van der Waals surface area contributed by atoms with Crippen LogP contribution in [0, 0.1) is 6.92 Å². The fourth-order valence-electron chi connectivity index (χ4n) is 3.30. The number of halogens is 1. The maximum atomic E-state index is 12.5. The number of aryl methyl sites for hydroxylation is 1. The first-order valence-corrected chi connectivity index (χ1v) is 10.1. The van der Waals surface area contributed by atoms with E-state index in [0.29, 0.717) is 40.9 Å². The van der Waals surface area contributed by atoms with Crippen molar-refractivity contribution in [3.8, 4) is 11.5 Å². The number of carbonyl (C=O) groups excluding carboxylic acids is 1. The molecular formula is C23H25ClN2O4. The van der Waals surface area contributed by atoms with Crippen molar-refractivity contribution in [1.29, 1.82) is 0 Å². The zero-order valence-corrected chi connectivity index (χ0v) is 18.3. The number of anilines is 1. The largest absolute Gasteiger partial charge is 0.493 e. The molecule has 158 valence electrons. The molecule has 1 aromatic heterocycles. The minimum absolute atomic E-state index is 0.293. The summed E-state index contributed by atoms with van der Waals surface area (Å²) in [4.78, 5) is 16.9. The molecule has 1 heterocycles. The molecule has 2 aromatic carbocycles. The Bertz CT molecular complexity index is 1070. The van der Waals surface area contributed by atoms with Crippen molar-refractivity contribution in [3.63, 3.8) is 0 Å². The maximum absolute atomic E-state index is 12.5. The Hall–Kier alpha value is -2.99.